The van der Waals surface area contributed by atoms with Crippen molar-refractivity contribution in [2.75, 3.05) is 7.11 Å². The van der Waals surface area contributed by atoms with Crippen molar-refractivity contribution in [1.29, 1.82) is 0 Å². The number of phenols is 1. The second kappa shape index (κ2) is 8.27. The molecule has 0 aliphatic carbocycles. The molecule has 0 radical (unpaired) electrons. The SMILES string of the molecule is COc1cc(C(=O)/C=C/c2ccc(COc3ccccc3C)o2)ccc1O. The standard InChI is InChI=1S/C22H20O5/c1-15-5-3-4-6-21(15)26-14-18-9-8-17(27-18)10-12-19(23)16-7-11-20(24)22(13-16)25-2/h3-13,24H,14H2,1-2H3/b12-10+. The fraction of sp³-hybridized carbons (Fsp3) is 0.136. The highest BCUT2D eigenvalue weighted by Gasteiger charge is 2.08. The first-order chi connectivity index (χ1) is 13.1. The molecule has 138 valence electrons. The number of methoxy groups -OCH3 is 1. The second-order valence-corrected chi connectivity index (χ2v) is 5.94. The molecule has 1 aromatic heterocycles. The molecule has 2 aromatic carbocycles. The van der Waals surface area contributed by atoms with E-state index >= 15 is 0 Å². The lowest BCUT2D eigenvalue weighted by molar-refractivity contribution is 0.104. The lowest BCUT2D eigenvalue weighted by atomic mass is 10.1. The number of rotatable bonds is 7. The summed E-state index contributed by atoms with van der Waals surface area (Å²) in [4.78, 5) is 12.3. The third-order valence-electron chi connectivity index (χ3n) is 4.01. The van der Waals surface area contributed by atoms with Crippen LogP contribution in [-0.4, -0.2) is 18.0 Å². The molecule has 1 N–H and O–H groups in total. The molecule has 0 fully saturated rings. The van der Waals surface area contributed by atoms with Crippen molar-refractivity contribution < 1.29 is 23.8 Å². The molecule has 0 atom stereocenters. The van der Waals surface area contributed by atoms with E-state index in [0.29, 0.717) is 23.7 Å². The van der Waals surface area contributed by atoms with Crippen LogP contribution < -0.4 is 9.47 Å². The summed E-state index contributed by atoms with van der Waals surface area (Å²) in [5, 5.41) is 9.60. The van der Waals surface area contributed by atoms with Gasteiger partial charge in [-0.3, -0.25) is 4.79 Å². The van der Waals surface area contributed by atoms with Gasteiger partial charge in [-0.1, -0.05) is 18.2 Å². The molecule has 27 heavy (non-hydrogen) atoms. The minimum Gasteiger partial charge on any atom is -0.504 e. The van der Waals surface area contributed by atoms with E-state index in [1.807, 2.05) is 37.3 Å². The number of ketones is 1. The first-order valence-electron chi connectivity index (χ1n) is 8.43. The van der Waals surface area contributed by atoms with Crippen molar-refractivity contribution in [1.82, 2.24) is 0 Å². The topological polar surface area (TPSA) is 68.9 Å². The number of ether oxygens (including phenoxy) is 2. The molecule has 3 rings (SSSR count). The number of phenolic OH excluding ortho intramolecular Hbond substituents is 1. The molecule has 0 aliphatic heterocycles. The van der Waals surface area contributed by atoms with Crippen molar-refractivity contribution >= 4 is 11.9 Å². The van der Waals surface area contributed by atoms with Crippen LogP contribution in [0.4, 0.5) is 0 Å². The lowest BCUT2D eigenvalue weighted by Crippen LogP contribution is -1.95. The number of hydrogen-bond acceptors (Lipinski definition) is 5. The van der Waals surface area contributed by atoms with Gasteiger partial charge >= 0.3 is 0 Å². The van der Waals surface area contributed by atoms with Crippen LogP contribution >= 0.6 is 0 Å². The number of aryl methyl sites for hydroxylation is 1. The maximum absolute atomic E-state index is 12.3. The normalized spacial score (nSPS) is 10.9. The van der Waals surface area contributed by atoms with Crippen molar-refractivity contribution in [3.05, 3.63) is 83.3 Å². The molecule has 5 heteroatoms. The highest BCUT2D eigenvalue weighted by atomic mass is 16.5. The Morgan fingerprint density at radius 2 is 1.93 bits per heavy atom. The third-order valence-corrected chi connectivity index (χ3v) is 4.01. The summed E-state index contributed by atoms with van der Waals surface area (Å²) in [6.07, 6.45) is 3.01. The second-order valence-electron chi connectivity index (χ2n) is 5.94. The summed E-state index contributed by atoms with van der Waals surface area (Å²) in [6, 6.07) is 15.8. The van der Waals surface area contributed by atoms with E-state index < -0.39 is 0 Å². The number of para-hydroxylation sites is 1. The Kier molecular flexibility index (Phi) is 5.61. The molecule has 5 nitrogen and oxygen atoms in total. The lowest BCUT2D eigenvalue weighted by Gasteiger charge is -2.06. The monoisotopic (exact) mass is 364 g/mol. The number of benzene rings is 2. The minimum atomic E-state index is -0.220. The van der Waals surface area contributed by atoms with Crippen LogP contribution in [0.15, 0.2) is 65.1 Å². The number of carbonyl (C=O) groups is 1. The average molecular weight is 364 g/mol. The molecule has 0 spiro atoms. The Balaban J connectivity index is 1.63. The number of allylic oxidation sites excluding steroid dienone is 1. The zero-order valence-electron chi connectivity index (χ0n) is 15.1. The van der Waals surface area contributed by atoms with Crippen LogP contribution in [-0.2, 0) is 6.61 Å². The highest BCUT2D eigenvalue weighted by molar-refractivity contribution is 6.07. The van der Waals surface area contributed by atoms with Crippen LogP contribution in [0, 0.1) is 6.92 Å². The summed E-state index contributed by atoms with van der Waals surface area (Å²) < 4.78 is 16.4. The maximum Gasteiger partial charge on any atom is 0.186 e. The van der Waals surface area contributed by atoms with Crippen molar-refractivity contribution in [3.63, 3.8) is 0 Å². The first-order valence-corrected chi connectivity index (χ1v) is 8.43. The van der Waals surface area contributed by atoms with Gasteiger partial charge in [0.25, 0.3) is 0 Å². The van der Waals surface area contributed by atoms with Gasteiger partial charge in [-0.15, -0.1) is 0 Å². The number of aromatic hydroxyl groups is 1. The Hall–Kier alpha value is -3.47. The Bertz CT molecular complexity index is 968. The Morgan fingerprint density at radius 3 is 2.70 bits per heavy atom. The number of furan rings is 1. The summed E-state index contributed by atoms with van der Waals surface area (Å²) in [5.41, 5.74) is 1.47. The van der Waals surface area contributed by atoms with E-state index in [-0.39, 0.29) is 17.3 Å². The number of hydrogen-bond donors (Lipinski definition) is 1. The maximum atomic E-state index is 12.3. The van der Waals surface area contributed by atoms with E-state index in [1.54, 1.807) is 12.1 Å². The third kappa shape index (κ3) is 4.58. The van der Waals surface area contributed by atoms with E-state index in [2.05, 4.69) is 0 Å². The average Bonchev–Trinajstić information content (AvgIpc) is 3.14. The number of carbonyl (C=O) groups excluding carboxylic acids is 1. The summed E-state index contributed by atoms with van der Waals surface area (Å²) in [5.74, 6) is 2.05. The summed E-state index contributed by atoms with van der Waals surface area (Å²) in [6.45, 7) is 2.29. The van der Waals surface area contributed by atoms with Crippen LogP contribution in [0.3, 0.4) is 0 Å². The van der Waals surface area contributed by atoms with E-state index in [0.717, 1.165) is 11.3 Å². The predicted octanol–water partition coefficient (Wildman–Crippen LogP) is 4.78. The summed E-state index contributed by atoms with van der Waals surface area (Å²) in [7, 11) is 1.43. The van der Waals surface area contributed by atoms with E-state index in [4.69, 9.17) is 13.9 Å². The quantitative estimate of drug-likeness (QED) is 0.483. The van der Waals surface area contributed by atoms with Crippen LogP contribution in [0.25, 0.3) is 6.08 Å². The van der Waals surface area contributed by atoms with Gasteiger partial charge in [-0.05, 0) is 61.0 Å². The molecule has 0 aliphatic rings. The molecule has 0 bridgehead atoms. The molecule has 0 amide bonds. The molecule has 1 heterocycles. The molecule has 0 unspecified atom stereocenters. The van der Waals surface area contributed by atoms with Gasteiger partial charge in [0, 0.05) is 5.56 Å². The van der Waals surface area contributed by atoms with Crippen LogP contribution in [0.5, 0.6) is 17.2 Å². The first kappa shape index (κ1) is 18.3. The molecule has 0 saturated carbocycles. The van der Waals surface area contributed by atoms with Crippen LogP contribution in [0.2, 0.25) is 0 Å². The molecular formula is C22H20O5. The smallest absolute Gasteiger partial charge is 0.186 e. The van der Waals surface area contributed by atoms with Gasteiger partial charge in [0.05, 0.1) is 7.11 Å². The van der Waals surface area contributed by atoms with Crippen LogP contribution in [0.1, 0.15) is 27.4 Å². The highest BCUT2D eigenvalue weighted by Crippen LogP contribution is 2.26. The van der Waals surface area contributed by atoms with Crippen molar-refractivity contribution in [3.8, 4) is 17.2 Å². The Labute approximate surface area is 157 Å². The van der Waals surface area contributed by atoms with Crippen molar-refractivity contribution in [2.45, 2.75) is 13.5 Å². The van der Waals surface area contributed by atoms with Gasteiger partial charge in [0.1, 0.15) is 23.9 Å². The largest absolute Gasteiger partial charge is 0.504 e. The van der Waals surface area contributed by atoms with Gasteiger partial charge in [-0.2, -0.15) is 0 Å². The van der Waals surface area contributed by atoms with Crippen molar-refractivity contribution in [2.24, 2.45) is 0 Å². The zero-order valence-corrected chi connectivity index (χ0v) is 15.1. The van der Waals surface area contributed by atoms with Gasteiger partial charge in [-0.25, -0.2) is 0 Å². The van der Waals surface area contributed by atoms with E-state index in [9.17, 15) is 9.90 Å². The molecule has 3 aromatic rings. The fourth-order valence-electron chi connectivity index (χ4n) is 2.51. The molecular weight excluding hydrogens is 344 g/mol. The fourth-order valence-corrected chi connectivity index (χ4v) is 2.51. The van der Waals surface area contributed by atoms with Gasteiger partial charge < -0.3 is 19.0 Å². The van der Waals surface area contributed by atoms with Gasteiger partial charge in [0.2, 0.25) is 0 Å². The summed E-state index contributed by atoms with van der Waals surface area (Å²) >= 11 is 0. The predicted molar refractivity (Wildman–Crippen MR) is 102 cm³/mol. The minimum absolute atomic E-state index is 0.0117. The Morgan fingerprint density at radius 1 is 1.11 bits per heavy atom. The molecule has 0 saturated heterocycles. The van der Waals surface area contributed by atoms with Gasteiger partial charge in [0.15, 0.2) is 17.3 Å². The van der Waals surface area contributed by atoms with E-state index in [1.165, 1.54) is 31.4 Å². The zero-order chi connectivity index (χ0) is 19.2.